The molecule has 318 valence electrons. The Labute approximate surface area is 352 Å². The first-order valence-electron chi connectivity index (χ1n) is 18.0. The number of carbonyl (C=O) groups excluding carboxylic acids is 1. The van der Waals surface area contributed by atoms with Crippen LogP contribution < -0.4 is 0 Å². The van der Waals surface area contributed by atoms with E-state index in [4.69, 9.17) is 0 Å². The van der Waals surface area contributed by atoms with Gasteiger partial charge >= 0.3 is 35.8 Å². The lowest BCUT2D eigenvalue weighted by Gasteiger charge is -2.23. The van der Waals surface area contributed by atoms with E-state index in [0.717, 1.165) is 78.9 Å². The van der Waals surface area contributed by atoms with Gasteiger partial charge in [0.2, 0.25) is 5.78 Å². The molecule has 0 heterocycles. The van der Waals surface area contributed by atoms with Crippen LogP contribution in [0.5, 0.6) is 28.7 Å². The maximum atomic E-state index is 14.1. The molecule has 0 fully saturated rings. The van der Waals surface area contributed by atoms with Gasteiger partial charge in [-0.2, -0.15) is 0 Å². The number of aromatic carboxylic acids is 5. The van der Waals surface area contributed by atoms with E-state index in [9.17, 15) is 89.7 Å². The van der Waals surface area contributed by atoms with Crippen LogP contribution >= 0.6 is 0 Å². The fourth-order valence-corrected chi connectivity index (χ4v) is 7.13. The predicted octanol–water partition coefficient (Wildman–Crippen LogP) is 5.45. The Bertz CT molecular complexity index is 2840. The zero-order valence-electron chi connectivity index (χ0n) is 31.8. The molecule has 0 saturated carbocycles. The SMILES string of the molecule is O=C(O)C1=CC(Cc2cc(C(c3ccc(O)c(C(=O)O)c3)c3ccc(O)c(C(=O)O)c3)cc(C(=O)O)c2O)=CC(=C(c2ccc(O)c(C(=O)O)c2)c2ccc(O)c(C(=O)O)c2)C1=O. The van der Waals surface area contributed by atoms with Gasteiger partial charge in [0.25, 0.3) is 0 Å². The second kappa shape index (κ2) is 16.8. The zero-order valence-corrected chi connectivity index (χ0v) is 31.8. The largest absolute Gasteiger partial charge is 0.507 e. The number of carboxylic acid groups (broad SMARTS) is 6. The van der Waals surface area contributed by atoms with Crippen molar-refractivity contribution in [1.29, 1.82) is 0 Å². The Hall–Kier alpha value is -9.19. The molecule has 5 aromatic rings. The molecule has 5 aromatic carbocycles. The highest BCUT2D eigenvalue weighted by Gasteiger charge is 2.31. The number of carboxylic acids is 6. The first-order valence-corrected chi connectivity index (χ1v) is 18.0. The number of hydrogen-bond acceptors (Lipinski definition) is 12. The zero-order chi connectivity index (χ0) is 46.2. The molecule has 0 bridgehead atoms. The van der Waals surface area contributed by atoms with Crippen molar-refractivity contribution in [2.45, 2.75) is 12.3 Å². The van der Waals surface area contributed by atoms with Crippen molar-refractivity contribution >= 4 is 47.2 Å². The van der Waals surface area contributed by atoms with Gasteiger partial charge in [0.1, 0.15) is 62.1 Å². The monoisotopic (exact) mass is 858 g/mol. The molecule has 1 aliphatic carbocycles. The number of hydrogen-bond donors (Lipinski definition) is 11. The Balaban J connectivity index is 1.65. The molecule has 0 radical (unpaired) electrons. The number of ketones is 1. The second-order valence-electron chi connectivity index (χ2n) is 13.9. The minimum Gasteiger partial charge on any atom is -0.507 e. The lowest BCUT2D eigenvalue weighted by Crippen LogP contribution is -2.19. The summed E-state index contributed by atoms with van der Waals surface area (Å²) in [5.74, 6) is -15.9. The van der Waals surface area contributed by atoms with Crippen LogP contribution in [0.1, 0.15) is 91.1 Å². The van der Waals surface area contributed by atoms with Gasteiger partial charge in [0, 0.05) is 23.5 Å². The highest BCUT2D eigenvalue weighted by atomic mass is 16.4. The van der Waals surface area contributed by atoms with Crippen molar-refractivity contribution in [3.8, 4) is 28.7 Å². The fraction of sp³-hybridized carbons (Fsp3) is 0.0444. The fourth-order valence-electron chi connectivity index (χ4n) is 7.13. The maximum Gasteiger partial charge on any atom is 0.339 e. The predicted molar refractivity (Wildman–Crippen MR) is 215 cm³/mol. The first kappa shape index (κ1) is 43.4. The molecule has 6 rings (SSSR count). The Morgan fingerprint density at radius 2 is 0.841 bits per heavy atom. The van der Waals surface area contributed by atoms with Crippen molar-refractivity contribution in [3.05, 3.63) is 175 Å². The molecule has 63 heavy (non-hydrogen) atoms. The molecule has 0 amide bonds. The molecular formula is C45H30O18. The molecule has 1 aliphatic rings. The van der Waals surface area contributed by atoms with E-state index in [0.29, 0.717) is 0 Å². The lowest BCUT2D eigenvalue weighted by molar-refractivity contribution is -0.134. The smallest absolute Gasteiger partial charge is 0.339 e. The molecule has 0 atom stereocenters. The summed E-state index contributed by atoms with van der Waals surface area (Å²) in [4.78, 5) is 87.6. The summed E-state index contributed by atoms with van der Waals surface area (Å²) in [6.45, 7) is 0. The molecule has 0 unspecified atom stereocenters. The third-order valence-electron chi connectivity index (χ3n) is 10.0. The summed E-state index contributed by atoms with van der Waals surface area (Å²) >= 11 is 0. The Morgan fingerprint density at radius 3 is 1.25 bits per heavy atom. The van der Waals surface area contributed by atoms with Gasteiger partial charge in [-0.25, -0.2) is 28.8 Å². The molecule has 18 heteroatoms. The van der Waals surface area contributed by atoms with E-state index in [2.05, 4.69) is 0 Å². The average molecular weight is 859 g/mol. The molecule has 0 saturated heterocycles. The summed E-state index contributed by atoms with van der Waals surface area (Å²) in [6, 6.07) is 15.0. The van der Waals surface area contributed by atoms with Crippen LogP contribution in [0.2, 0.25) is 0 Å². The van der Waals surface area contributed by atoms with Crippen LogP contribution in [-0.4, -0.2) is 97.8 Å². The highest BCUT2D eigenvalue weighted by Crippen LogP contribution is 2.41. The maximum absolute atomic E-state index is 14.1. The van der Waals surface area contributed by atoms with Crippen molar-refractivity contribution in [3.63, 3.8) is 0 Å². The number of rotatable bonds is 13. The molecular weight excluding hydrogens is 828 g/mol. The Morgan fingerprint density at radius 1 is 0.444 bits per heavy atom. The molecule has 0 aliphatic heterocycles. The van der Waals surface area contributed by atoms with Gasteiger partial charge in [-0.15, -0.1) is 0 Å². The summed E-state index contributed by atoms with van der Waals surface area (Å²) in [7, 11) is 0. The minimum absolute atomic E-state index is 0.0359. The number of benzene rings is 5. The number of Topliss-reactive ketones (excluding diaryl/α,β-unsaturated/α-hetero) is 1. The number of carbonyl (C=O) groups is 7. The summed E-state index contributed by atoms with van der Waals surface area (Å²) in [5.41, 5.74) is -5.53. The van der Waals surface area contributed by atoms with Gasteiger partial charge < -0.3 is 56.2 Å². The lowest BCUT2D eigenvalue weighted by atomic mass is 9.80. The van der Waals surface area contributed by atoms with Gasteiger partial charge in [-0.1, -0.05) is 30.3 Å². The minimum atomic E-state index is -1.77. The van der Waals surface area contributed by atoms with E-state index < -0.39 is 122 Å². The number of aliphatic carboxylic acids is 1. The van der Waals surface area contributed by atoms with Gasteiger partial charge in [-0.05, 0) is 106 Å². The second-order valence-corrected chi connectivity index (χ2v) is 13.9. The standard InChI is InChI=1S/C45H30O18/c46-32-5-1-19(13-25(32)40(52)53)36(20-2-6-33(47)26(14-20)41(54)55)23-12-24(38(50)31(17-23)45(62)63)9-18-10-29(39(51)30(11-18)44(60)61)37(21-3-7-34(48)27(15-21)42(56)57)22-4-8-35(49)28(16-22)43(58)59/h1-8,10-17,36,46-50H,9H2,(H,52,53)(H,54,55)(H,56,57)(H,58,59)(H,60,61)(H,62,63). The van der Waals surface area contributed by atoms with Gasteiger partial charge in [0.05, 0.1) is 0 Å². The Kier molecular flexibility index (Phi) is 11.6. The van der Waals surface area contributed by atoms with E-state index in [1.165, 1.54) is 18.2 Å². The van der Waals surface area contributed by atoms with Gasteiger partial charge in [0.15, 0.2) is 0 Å². The van der Waals surface area contributed by atoms with Gasteiger partial charge in [-0.3, -0.25) is 4.79 Å². The van der Waals surface area contributed by atoms with Crippen LogP contribution in [0.4, 0.5) is 0 Å². The topological polar surface area (TPSA) is 342 Å². The van der Waals surface area contributed by atoms with Crippen LogP contribution in [0, 0.1) is 0 Å². The number of aromatic hydroxyl groups is 5. The number of phenols is 5. The molecule has 18 nitrogen and oxygen atoms in total. The van der Waals surface area contributed by atoms with Crippen molar-refractivity contribution in [2.75, 3.05) is 0 Å². The molecule has 0 spiro atoms. The van der Waals surface area contributed by atoms with E-state index in [1.54, 1.807) is 0 Å². The van der Waals surface area contributed by atoms with E-state index >= 15 is 0 Å². The van der Waals surface area contributed by atoms with Crippen LogP contribution in [-0.2, 0) is 16.0 Å². The summed E-state index contributed by atoms with van der Waals surface area (Å²) < 4.78 is 0. The van der Waals surface area contributed by atoms with E-state index in [1.807, 2.05) is 0 Å². The number of allylic oxidation sites excluding steroid dienone is 4. The summed E-state index contributed by atoms with van der Waals surface area (Å²) in [6.07, 6.45) is 1.45. The van der Waals surface area contributed by atoms with Crippen LogP contribution in [0.25, 0.3) is 5.57 Å². The third-order valence-corrected chi connectivity index (χ3v) is 10.0. The van der Waals surface area contributed by atoms with Crippen molar-refractivity contribution in [2.24, 2.45) is 0 Å². The van der Waals surface area contributed by atoms with Crippen LogP contribution in [0.15, 0.2) is 114 Å². The average Bonchev–Trinajstić information content (AvgIpc) is 3.21. The van der Waals surface area contributed by atoms with Crippen molar-refractivity contribution in [1.82, 2.24) is 0 Å². The molecule has 11 N–H and O–H groups in total. The van der Waals surface area contributed by atoms with E-state index in [-0.39, 0.29) is 44.5 Å². The molecule has 0 aromatic heterocycles. The highest BCUT2D eigenvalue weighted by molar-refractivity contribution is 6.29. The summed E-state index contributed by atoms with van der Waals surface area (Å²) in [5, 5.41) is 112. The third kappa shape index (κ3) is 8.48. The first-order chi connectivity index (χ1) is 29.7. The van der Waals surface area contributed by atoms with Crippen LogP contribution in [0.3, 0.4) is 0 Å². The van der Waals surface area contributed by atoms with Crippen molar-refractivity contribution < 1.29 is 89.7 Å². The quantitative estimate of drug-likeness (QED) is 0.0398. The normalized spacial score (nSPS) is 12.3.